The van der Waals surface area contributed by atoms with Gasteiger partial charge in [0, 0.05) is 32.6 Å². The highest BCUT2D eigenvalue weighted by Gasteiger charge is 2.32. The van der Waals surface area contributed by atoms with Crippen LogP contribution in [0.15, 0.2) is 46.6 Å². The first kappa shape index (κ1) is 14.0. The molecule has 1 amide bonds. The highest BCUT2D eigenvalue weighted by molar-refractivity contribution is 6.11. The molecule has 4 heteroatoms. The maximum absolute atomic E-state index is 12.0. The third kappa shape index (κ3) is 2.90. The molecule has 0 N–H and O–H groups in total. The van der Waals surface area contributed by atoms with E-state index < -0.39 is 0 Å². The maximum atomic E-state index is 12.0. The third-order valence-corrected chi connectivity index (χ3v) is 4.03. The fourth-order valence-corrected chi connectivity index (χ4v) is 3.00. The van der Waals surface area contributed by atoms with Gasteiger partial charge in [0.1, 0.15) is 11.5 Å². The Labute approximate surface area is 125 Å². The van der Waals surface area contributed by atoms with Crippen LogP contribution in [-0.4, -0.2) is 41.2 Å². The zero-order valence-electron chi connectivity index (χ0n) is 12.7. The Bertz CT molecular complexity index is 600. The van der Waals surface area contributed by atoms with Crippen LogP contribution in [0.5, 0.6) is 0 Å². The summed E-state index contributed by atoms with van der Waals surface area (Å²) in [5.41, 5.74) is 3.17. The normalized spacial score (nSPS) is 19.3. The lowest BCUT2D eigenvalue weighted by atomic mass is 10.2. The number of rotatable bonds is 2. The second kappa shape index (κ2) is 5.82. The number of amidine groups is 1. The van der Waals surface area contributed by atoms with Crippen LogP contribution in [0.1, 0.15) is 25.8 Å². The first-order valence-electron chi connectivity index (χ1n) is 7.48. The molecular weight excluding hydrogens is 262 g/mol. The Morgan fingerprint density at radius 1 is 1.14 bits per heavy atom. The Kier molecular flexibility index (Phi) is 3.88. The third-order valence-electron chi connectivity index (χ3n) is 4.03. The molecule has 1 aromatic carbocycles. The van der Waals surface area contributed by atoms with Gasteiger partial charge in [0.15, 0.2) is 0 Å². The molecule has 1 aromatic rings. The highest BCUT2D eigenvalue weighted by atomic mass is 16.2. The quantitative estimate of drug-likeness (QED) is 0.782. The van der Waals surface area contributed by atoms with Gasteiger partial charge in [-0.25, -0.2) is 0 Å². The zero-order chi connectivity index (χ0) is 14.8. The van der Waals surface area contributed by atoms with Gasteiger partial charge in [-0.15, -0.1) is 0 Å². The van der Waals surface area contributed by atoms with Gasteiger partial charge in [-0.3, -0.25) is 9.69 Å². The number of aliphatic imine (C=N–C) groups is 1. The SMILES string of the molecule is CC(C)=C1C(=O)N=C2CCN(Cc3ccccc3)CCN21. The van der Waals surface area contributed by atoms with Gasteiger partial charge in [-0.2, -0.15) is 4.99 Å². The lowest BCUT2D eigenvalue weighted by Crippen LogP contribution is -2.31. The molecule has 21 heavy (non-hydrogen) atoms. The molecule has 2 heterocycles. The van der Waals surface area contributed by atoms with E-state index in [1.807, 2.05) is 19.9 Å². The van der Waals surface area contributed by atoms with Crippen LogP contribution in [0, 0.1) is 0 Å². The molecule has 0 aliphatic carbocycles. The lowest BCUT2D eigenvalue weighted by Gasteiger charge is -2.22. The molecule has 2 aliphatic rings. The fraction of sp³-hybridized carbons (Fsp3) is 0.412. The largest absolute Gasteiger partial charge is 0.324 e. The van der Waals surface area contributed by atoms with Crippen LogP contribution >= 0.6 is 0 Å². The molecule has 1 fully saturated rings. The summed E-state index contributed by atoms with van der Waals surface area (Å²) in [7, 11) is 0. The van der Waals surface area contributed by atoms with Crippen molar-refractivity contribution in [1.82, 2.24) is 9.80 Å². The molecule has 0 saturated carbocycles. The molecule has 3 rings (SSSR count). The van der Waals surface area contributed by atoms with E-state index in [0.717, 1.165) is 49.7 Å². The average molecular weight is 283 g/mol. The van der Waals surface area contributed by atoms with E-state index in [2.05, 4.69) is 39.1 Å². The van der Waals surface area contributed by atoms with Crippen LogP contribution in [-0.2, 0) is 11.3 Å². The minimum absolute atomic E-state index is 0.0680. The smallest absolute Gasteiger partial charge is 0.295 e. The molecule has 0 aromatic heterocycles. The summed E-state index contributed by atoms with van der Waals surface area (Å²) < 4.78 is 0. The number of nitrogens with zero attached hydrogens (tertiary/aromatic N) is 3. The summed E-state index contributed by atoms with van der Waals surface area (Å²) in [4.78, 5) is 20.7. The van der Waals surface area contributed by atoms with Gasteiger partial charge in [-0.05, 0) is 25.0 Å². The van der Waals surface area contributed by atoms with Crippen LogP contribution in [0.3, 0.4) is 0 Å². The first-order valence-corrected chi connectivity index (χ1v) is 7.48. The van der Waals surface area contributed by atoms with Gasteiger partial charge in [0.25, 0.3) is 5.91 Å². The maximum Gasteiger partial charge on any atom is 0.295 e. The van der Waals surface area contributed by atoms with E-state index in [1.54, 1.807) is 0 Å². The van der Waals surface area contributed by atoms with E-state index >= 15 is 0 Å². The van der Waals surface area contributed by atoms with Gasteiger partial charge in [0.05, 0.1) is 0 Å². The van der Waals surface area contributed by atoms with Gasteiger partial charge < -0.3 is 4.90 Å². The summed E-state index contributed by atoms with van der Waals surface area (Å²) in [5.74, 6) is 0.869. The van der Waals surface area contributed by atoms with Gasteiger partial charge >= 0.3 is 0 Å². The average Bonchev–Trinajstić information content (AvgIpc) is 2.67. The Balaban J connectivity index is 1.72. The van der Waals surface area contributed by atoms with Crippen molar-refractivity contribution in [3.05, 3.63) is 47.2 Å². The van der Waals surface area contributed by atoms with Crippen molar-refractivity contribution in [1.29, 1.82) is 0 Å². The second-order valence-electron chi connectivity index (χ2n) is 5.85. The Hall–Kier alpha value is -1.94. The Morgan fingerprint density at radius 2 is 1.90 bits per heavy atom. The Morgan fingerprint density at radius 3 is 2.62 bits per heavy atom. The molecule has 110 valence electrons. The molecule has 0 spiro atoms. The molecule has 0 atom stereocenters. The van der Waals surface area contributed by atoms with E-state index in [4.69, 9.17) is 0 Å². The molecule has 2 aliphatic heterocycles. The van der Waals surface area contributed by atoms with E-state index in [9.17, 15) is 4.79 Å². The molecule has 0 bridgehead atoms. The zero-order valence-corrected chi connectivity index (χ0v) is 12.7. The number of hydrogen-bond acceptors (Lipinski definition) is 3. The van der Waals surface area contributed by atoms with Crippen molar-refractivity contribution in [2.24, 2.45) is 4.99 Å². The van der Waals surface area contributed by atoms with Crippen LogP contribution < -0.4 is 0 Å². The van der Waals surface area contributed by atoms with Crippen molar-refractivity contribution in [2.75, 3.05) is 19.6 Å². The van der Waals surface area contributed by atoms with Crippen LogP contribution in [0.25, 0.3) is 0 Å². The standard InChI is InChI=1S/C17H21N3O/c1-13(2)16-17(21)18-15-8-9-19(10-11-20(15)16)12-14-6-4-3-5-7-14/h3-7H,8-12H2,1-2H3. The topological polar surface area (TPSA) is 35.9 Å². The number of amides is 1. The number of carbonyl (C=O) groups excluding carboxylic acids is 1. The fourth-order valence-electron chi connectivity index (χ4n) is 3.00. The number of benzene rings is 1. The highest BCUT2D eigenvalue weighted by Crippen LogP contribution is 2.23. The van der Waals surface area contributed by atoms with E-state index in [-0.39, 0.29) is 5.91 Å². The monoisotopic (exact) mass is 283 g/mol. The number of fused-ring (bicyclic) bond motifs is 1. The summed E-state index contributed by atoms with van der Waals surface area (Å²) in [6.45, 7) is 7.68. The predicted molar refractivity (Wildman–Crippen MR) is 83.9 cm³/mol. The number of hydrogen-bond donors (Lipinski definition) is 0. The van der Waals surface area contributed by atoms with Crippen molar-refractivity contribution in [3.8, 4) is 0 Å². The minimum atomic E-state index is -0.0680. The molecular formula is C17H21N3O. The summed E-state index contributed by atoms with van der Waals surface area (Å²) in [6, 6.07) is 10.5. The van der Waals surface area contributed by atoms with Crippen molar-refractivity contribution < 1.29 is 4.79 Å². The molecule has 0 radical (unpaired) electrons. The van der Waals surface area contributed by atoms with E-state index in [0.29, 0.717) is 0 Å². The number of carbonyl (C=O) groups is 1. The minimum Gasteiger partial charge on any atom is -0.324 e. The summed E-state index contributed by atoms with van der Waals surface area (Å²) in [6.07, 6.45) is 0.843. The molecule has 0 unspecified atom stereocenters. The van der Waals surface area contributed by atoms with E-state index in [1.165, 1.54) is 5.56 Å². The van der Waals surface area contributed by atoms with Crippen molar-refractivity contribution in [2.45, 2.75) is 26.8 Å². The van der Waals surface area contributed by atoms with Crippen LogP contribution in [0.4, 0.5) is 0 Å². The van der Waals surface area contributed by atoms with Crippen molar-refractivity contribution in [3.63, 3.8) is 0 Å². The molecule has 4 nitrogen and oxygen atoms in total. The van der Waals surface area contributed by atoms with Gasteiger partial charge in [0.2, 0.25) is 0 Å². The number of allylic oxidation sites excluding steroid dienone is 1. The summed E-state index contributed by atoms with van der Waals surface area (Å²) >= 11 is 0. The molecule has 1 saturated heterocycles. The van der Waals surface area contributed by atoms with Crippen LogP contribution in [0.2, 0.25) is 0 Å². The lowest BCUT2D eigenvalue weighted by molar-refractivity contribution is -0.114. The predicted octanol–water partition coefficient (Wildman–Crippen LogP) is 2.43. The van der Waals surface area contributed by atoms with Crippen molar-refractivity contribution >= 4 is 11.7 Å². The summed E-state index contributed by atoms with van der Waals surface area (Å²) in [5, 5.41) is 0. The second-order valence-corrected chi connectivity index (χ2v) is 5.85. The first-order chi connectivity index (χ1) is 10.1. The van der Waals surface area contributed by atoms with Gasteiger partial charge in [-0.1, -0.05) is 30.3 Å².